The van der Waals surface area contributed by atoms with Gasteiger partial charge in [0.25, 0.3) is 0 Å². The summed E-state index contributed by atoms with van der Waals surface area (Å²) in [5.74, 6) is 0.386. The molecule has 0 aromatic rings. The van der Waals surface area contributed by atoms with E-state index in [0.29, 0.717) is 12.2 Å². The van der Waals surface area contributed by atoms with E-state index in [4.69, 9.17) is 0 Å². The molecule has 0 fully saturated rings. The van der Waals surface area contributed by atoms with Crippen LogP contribution in [0.4, 0.5) is 0 Å². The predicted molar refractivity (Wildman–Crippen MR) is 58.0 cm³/mol. The maximum Gasteiger partial charge on any atom is 0.137 e. The third-order valence-corrected chi connectivity index (χ3v) is 3.02. The Labute approximate surface area is 85.2 Å². The van der Waals surface area contributed by atoms with Gasteiger partial charge in [0, 0.05) is 12.8 Å². The number of ketones is 1. The molecule has 0 amide bonds. The lowest BCUT2D eigenvalue weighted by atomic mass is 9.87. The second-order valence-corrected chi connectivity index (χ2v) is 4.18. The van der Waals surface area contributed by atoms with Gasteiger partial charge in [0.2, 0.25) is 0 Å². The first-order chi connectivity index (χ1) is 6.75. The molecule has 2 aliphatic rings. The summed E-state index contributed by atoms with van der Waals surface area (Å²) in [6, 6.07) is 0. The number of carbonyl (C=O) groups is 1. The smallest absolute Gasteiger partial charge is 0.137 e. The molecule has 0 aromatic heterocycles. The Morgan fingerprint density at radius 2 is 1.79 bits per heavy atom. The molecule has 14 heavy (non-hydrogen) atoms. The Morgan fingerprint density at radius 3 is 2.36 bits per heavy atom. The fraction of sp³-hybridized carbons (Fsp3) is 0.462. The molecule has 0 heterocycles. The Hall–Kier alpha value is -1.11. The molecular weight excluding hydrogens is 172 g/mol. The van der Waals surface area contributed by atoms with Gasteiger partial charge < -0.3 is 0 Å². The summed E-state index contributed by atoms with van der Waals surface area (Å²) in [7, 11) is 0. The minimum Gasteiger partial charge on any atom is -0.299 e. The molecule has 0 bridgehead atoms. The molecule has 0 saturated carbocycles. The Bertz CT molecular complexity index is 342. The lowest BCUT2D eigenvalue weighted by molar-refractivity contribution is -0.118. The first-order valence-electron chi connectivity index (χ1n) is 5.33. The summed E-state index contributed by atoms with van der Waals surface area (Å²) in [6.45, 7) is 2.17. The van der Waals surface area contributed by atoms with E-state index >= 15 is 0 Å². The third-order valence-electron chi connectivity index (χ3n) is 3.02. The molecule has 2 rings (SSSR count). The molecule has 0 radical (unpaired) electrons. The Balaban J connectivity index is 2.13. The SMILES string of the molecule is CC1=CC=C(C2=CCC(=O)CC2)CC1. The van der Waals surface area contributed by atoms with E-state index < -0.39 is 0 Å². The van der Waals surface area contributed by atoms with Crippen molar-refractivity contribution in [3.05, 3.63) is 34.9 Å². The molecule has 0 N–H and O–H groups in total. The van der Waals surface area contributed by atoms with Crippen LogP contribution in [0.1, 0.15) is 39.0 Å². The summed E-state index contributed by atoms with van der Waals surface area (Å²) >= 11 is 0. The average molecular weight is 188 g/mol. The second kappa shape index (κ2) is 3.95. The third kappa shape index (κ3) is 2.03. The van der Waals surface area contributed by atoms with E-state index in [2.05, 4.69) is 25.2 Å². The first kappa shape index (κ1) is 9.45. The highest BCUT2D eigenvalue weighted by atomic mass is 16.1. The van der Waals surface area contributed by atoms with Gasteiger partial charge in [-0.2, -0.15) is 0 Å². The summed E-state index contributed by atoms with van der Waals surface area (Å²) in [5.41, 5.74) is 4.32. The van der Waals surface area contributed by atoms with E-state index in [1.54, 1.807) is 0 Å². The van der Waals surface area contributed by atoms with Gasteiger partial charge in [-0.1, -0.05) is 23.8 Å². The summed E-state index contributed by atoms with van der Waals surface area (Å²) in [5, 5.41) is 0. The monoisotopic (exact) mass is 188 g/mol. The quantitative estimate of drug-likeness (QED) is 0.617. The maximum absolute atomic E-state index is 11.1. The van der Waals surface area contributed by atoms with Crippen LogP contribution in [0.5, 0.6) is 0 Å². The molecule has 0 saturated heterocycles. The highest BCUT2D eigenvalue weighted by molar-refractivity contribution is 5.81. The van der Waals surface area contributed by atoms with Crippen LogP contribution in [0.25, 0.3) is 0 Å². The summed E-state index contributed by atoms with van der Waals surface area (Å²) in [6.07, 6.45) is 11.2. The van der Waals surface area contributed by atoms with Crippen LogP contribution in [0.2, 0.25) is 0 Å². The lowest BCUT2D eigenvalue weighted by Gasteiger charge is -2.18. The average Bonchev–Trinajstić information content (AvgIpc) is 2.21. The standard InChI is InChI=1S/C13H16O/c1-10-2-4-11(5-3-10)12-6-8-13(14)9-7-12/h2,4,6H,3,5,7-9H2,1H3. The zero-order chi connectivity index (χ0) is 9.97. The highest BCUT2D eigenvalue weighted by Gasteiger charge is 2.14. The van der Waals surface area contributed by atoms with Crippen LogP contribution >= 0.6 is 0 Å². The van der Waals surface area contributed by atoms with Crippen LogP contribution in [0, 0.1) is 0 Å². The van der Waals surface area contributed by atoms with Crippen molar-refractivity contribution in [3.63, 3.8) is 0 Å². The number of Topliss-reactive ketones (excluding diaryl/α,β-unsaturated/α-hetero) is 1. The van der Waals surface area contributed by atoms with Crippen molar-refractivity contribution in [1.29, 1.82) is 0 Å². The Kier molecular flexibility index (Phi) is 2.67. The van der Waals surface area contributed by atoms with Crippen LogP contribution in [-0.4, -0.2) is 5.78 Å². The lowest BCUT2D eigenvalue weighted by Crippen LogP contribution is -2.06. The minimum atomic E-state index is 0.386. The van der Waals surface area contributed by atoms with Gasteiger partial charge >= 0.3 is 0 Å². The van der Waals surface area contributed by atoms with Crippen molar-refractivity contribution in [3.8, 4) is 0 Å². The molecule has 1 nitrogen and oxygen atoms in total. The second-order valence-electron chi connectivity index (χ2n) is 4.18. The molecule has 1 heteroatoms. The molecule has 0 aromatic carbocycles. The van der Waals surface area contributed by atoms with Gasteiger partial charge in [0.1, 0.15) is 5.78 Å². The highest BCUT2D eigenvalue weighted by Crippen LogP contribution is 2.29. The van der Waals surface area contributed by atoms with Crippen LogP contribution in [0.3, 0.4) is 0 Å². The van der Waals surface area contributed by atoms with E-state index in [9.17, 15) is 4.79 Å². The van der Waals surface area contributed by atoms with Crippen LogP contribution < -0.4 is 0 Å². The van der Waals surface area contributed by atoms with Crippen molar-refractivity contribution in [2.24, 2.45) is 0 Å². The topological polar surface area (TPSA) is 17.1 Å². The van der Waals surface area contributed by atoms with Crippen LogP contribution in [0.15, 0.2) is 34.9 Å². The zero-order valence-electron chi connectivity index (χ0n) is 8.68. The van der Waals surface area contributed by atoms with Gasteiger partial charge in [0.15, 0.2) is 0 Å². The minimum absolute atomic E-state index is 0.386. The maximum atomic E-state index is 11.1. The first-order valence-corrected chi connectivity index (χ1v) is 5.33. The summed E-state index contributed by atoms with van der Waals surface area (Å²) < 4.78 is 0. The predicted octanol–water partition coefficient (Wildman–Crippen LogP) is 3.33. The van der Waals surface area contributed by atoms with E-state index in [1.807, 2.05) is 0 Å². The fourth-order valence-corrected chi connectivity index (χ4v) is 2.02. The number of hydrogen-bond acceptors (Lipinski definition) is 1. The molecule has 0 atom stereocenters. The van der Waals surface area contributed by atoms with E-state index in [0.717, 1.165) is 19.3 Å². The van der Waals surface area contributed by atoms with Gasteiger partial charge in [0.05, 0.1) is 0 Å². The van der Waals surface area contributed by atoms with Gasteiger partial charge in [-0.25, -0.2) is 0 Å². The molecular formula is C13H16O. The van der Waals surface area contributed by atoms with E-state index in [1.165, 1.54) is 23.1 Å². The largest absolute Gasteiger partial charge is 0.299 e. The molecule has 0 aliphatic heterocycles. The normalized spacial score (nSPS) is 22.6. The number of hydrogen-bond donors (Lipinski definition) is 0. The Morgan fingerprint density at radius 1 is 1.00 bits per heavy atom. The van der Waals surface area contributed by atoms with E-state index in [-0.39, 0.29) is 0 Å². The zero-order valence-corrected chi connectivity index (χ0v) is 8.68. The van der Waals surface area contributed by atoms with Gasteiger partial charge in [-0.3, -0.25) is 4.79 Å². The van der Waals surface area contributed by atoms with Crippen molar-refractivity contribution < 1.29 is 4.79 Å². The molecule has 74 valence electrons. The number of rotatable bonds is 1. The van der Waals surface area contributed by atoms with Crippen molar-refractivity contribution >= 4 is 5.78 Å². The number of carbonyl (C=O) groups excluding carboxylic acids is 1. The fourth-order valence-electron chi connectivity index (χ4n) is 2.02. The molecule has 0 spiro atoms. The van der Waals surface area contributed by atoms with Crippen molar-refractivity contribution in [1.82, 2.24) is 0 Å². The van der Waals surface area contributed by atoms with Gasteiger partial charge in [-0.15, -0.1) is 0 Å². The van der Waals surface area contributed by atoms with Crippen LogP contribution in [-0.2, 0) is 4.79 Å². The number of allylic oxidation sites excluding steroid dienone is 6. The summed E-state index contributed by atoms with van der Waals surface area (Å²) in [4.78, 5) is 11.1. The molecule has 0 unspecified atom stereocenters. The van der Waals surface area contributed by atoms with Crippen molar-refractivity contribution in [2.75, 3.05) is 0 Å². The van der Waals surface area contributed by atoms with Crippen molar-refractivity contribution in [2.45, 2.75) is 39.0 Å². The molecule has 2 aliphatic carbocycles. The van der Waals surface area contributed by atoms with Gasteiger partial charge in [-0.05, 0) is 37.3 Å².